The lowest BCUT2D eigenvalue weighted by Gasteiger charge is -2.22. The maximum absolute atomic E-state index is 11.9. The zero-order chi connectivity index (χ0) is 14.8. The van der Waals surface area contributed by atoms with Gasteiger partial charge in [0.15, 0.2) is 5.78 Å². The van der Waals surface area contributed by atoms with Crippen molar-refractivity contribution < 1.29 is 9.53 Å². The molecule has 1 atom stereocenters. The van der Waals surface area contributed by atoms with Crippen molar-refractivity contribution in [3.8, 4) is 5.75 Å². The highest BCUT2D eigenvalue weighted by Crippen LogP contribution is 2.31. The molecule has 1 aliphatic rings. The highest BCUT2D eigenvalue weighted by Gasteiger charge is 2.21. The lowest BCUT2D eigenvalue weighted by Crippen LogP contribution is -2.20. The van der Waals surface area contributed by atoms with Crippen molar-refractivity contribution in [2.24, 2.45) is 0 Å². The van der Waals surface area contributed by atoms with E-state index < -0.39 is 0 Å². The van der Waals surface area contributed by atoms with Gasteiger partial charge in [-0.1, -0.05) is 0 Å². The Morgan fingerprint density at radius 2 is 2.24 bits per heavy atom. The summed E-state index contributed by atoms with van der Waals surface area (Å²) in [7, 11) is 0. The number of hydrogen-bond donors (Lipinski definition) is 0. The Hall–Kier alpha value is -2.10. The zero-order valence-corrected chi connectivity index (χ0v) is 12.5. The van der Waals surface area contributed by atoms with Crippen LogP contribution in [0.2, 0.25) is 0 Å². The number of benzene rings is 1. The number of rotatable bonds is 4. The minimum Gasteiger partial charge on any atom is -0.489 e. The SMILES string of the molecule is Cc1c(OC(C)Cn2ccnc2)ccc2c1CCCC2=O. The van der Waals surface area contributed by atoms with E-state index in [4.69, 9.17) is 4.74 Å². The van der Waals surface area contributed by atoms with Gasteiger partial charge in [0.05, 0.1) is 12.9 Å². The van der Waals surface area contributed by atoms with Crippen molar-refractivity contribution >= 4 is 5.78 Å². The molecular weight excluding hydrogens is 264 g/mol. The Morgan fingerprint density at radius 3 is 3.00 bits per heavy atom. The molecule has 0 bridgehead atoms. The van der Waals surface area contributed by atoms with Crippen molar-refractivity contribution in [1.29, 1.82) is 0 Å². The van der Waals surface area contributed by atoms with E-state index in [0.717, 1.165) is 36.3 Å². The summed E-state index contributed by atoms with van der Waals surface area (Å²) >= 11 is 0. The standard InChI is InChI=1S/C17H20N2O2/c1-12(10-19-9-8-18-11-19)21-17-7-6-15-14(13(17)2)4-3-5-16(15)20/h6-9,11-12H,3-5,10H2,1-2H3. The number of ketones is 1. The molecule has 1 heterocycles. The second-order valence-electron chi connectivity index (χ2n) is 5.68. The number of ether oxygens (including phenoxy) is 1. The molecule has 2 aromatic rings. The van der Waals surface area contributed by atoms with Gasteiger partial charge in [0.2, 0.25) is 0 Å². The summed E-state index contributed by atoms with van der Waals surface area (Å²) in [6.45, 7) is 4.86. The molecule has 0 aliphatic heterocycles. The molecule has 0 N–H and O–H groups in total. The van der Waals surface area contributed by atoms with Gasteiger partial charge in [-0.2, -0.15) is 0 Å². The van der Waals surface area contributed by atoms with E-state index >= 15 is 0 Å². The van der Waals surface area contributed by atoms with Crippen LogP contribution in [0.25, 0.3) is 0 Å². The molecule has 21 heavy (non-hydrogen) atoms. The van der Waals surface area contributed by atoms with Gasteiger partial charge in [-0.05, 0) is 49.9 Å². The fourth-order valence-corrected chi connectivity index (χ4v) is 2.95. The van der Waals surface area contributed by atoms with Crippen LogP contribution in [-0.4, -0.2) is 21.4 Å². The topological polar surface area (TPSA) is 44.1 Å². The Kier molecular flexibility index (Phi) is 3.78. The lowest BCUT2D eigenvalue weighted by atomic mass is 9.87. The molecule has 0 spiro atoms. The molecule has 4 nitrogen and oxygen atoms in total. The summed E-state index contributed by atoms with van der Waals surface area (Å²) in [5.74, 6) is 1.15. The fraction of sp³-hybridized carbons (Fsp3) is 0.412. The van der Waals surface area contributed by atoms with Gasteiger partial charge in [-0.3, -0.25) is 4.79 Å². The quantitative estimate of drug-likeness (QED) is 0.866. The average molecular weight is 284 g/mol. The molecular formula is C17H20N2O2. The second kappa shape index (κ2) is 5.72. The number of nitrogens with zero attached hydrogens (tertiary/aromatic N) is 2. The molecule has 0 saturated carbocycles. The number of fused-ring (bicyclic) bond motifs is 1. The molecule has 4 heteroatoms. The van der Waals surface area contributed by atoms with E-state index in [9.17, 15) is 4.79 Å². The van der Waals surface area contributed by atoms with Gasteiger partial charge in [-0.15, -0.1) is 0 Å². The average Bonchev–Trinajstić information content (AvgIpc) is 2.95. The van der Waals surface area contributed by atoms with Crippen LogP contribution in [0.15, 0.2) is 30.9 Å². The fourth-order valence-electron chi connectivity index (χ4n) is 2.95. The van der Waals surface area contributed by atoms with E-state index in [1.54, 1.807) is 12.5 Å². The second-order valence-corrected chi connectivity index (χ2v) is 5.68. The summed E-state index contributed by atoms with van der Waals surface area (Å²) in [4.78, 5) is 16.0. The van der Waals surface area contributed by atoms with Crippen molar-refractivity contribution in [3.05, 3.63) is 47.5 Å². The third-order valence-corrected chi connectivity index (χ3v) is 4.04. The third-order valence-electron chi connectivity index (χ3n) is 4.04. The van der Waals surface area contributed by atoms with Crippen molar-refractivity contribution in [1.82, 2.24) is 9.55 Å². The molecule has 1 unspecified atom stereocenters. The van der Waals surface area contributed by atoms with E-state index in [0.29, 0.717) is 6.42 Å². The van der Waals surface area contributed by atoms with Gasteiger partial charge in [0, 0.05) is 24.4 Å². The third kappa shape index (κ3) is 2.84. The van der Waals surface area contributed by atoms with Gasteiger partial charge < -0.3 is 9.30 Å². The normalized spacial score (nSPS) is 15.6. The summed E-state index contributed by atoms with van der Waals surface area (Å²) in [6, 6.07) is 3.85. The maximum Gasteiger partial charge on any atom is 0.163 e. The predicted molar refractivity (Wildman–Crippen MR) is 80.8 cm³/mol. The van der Waals surface area contributed by atoms with Crippen LogP contribution in [0.5, 0.6) is 5.75 Å². The van der Waals surface area contributed by atoms with Crippen LogP contribution >= 0.6 is 0 Å². The Bertz CT molecular complexity index is 647. The first-order valence-corrected chi connectivity index (χ1v) is 7.43. The van der Waals surface area contributed by atoms with E-state index in [1.165, 1.54) is 5.56 Å². The Labute approximate surface area is 124 Å². The minimum absolute atomic E-state index is 0.0512. The van der Waals surface area contributed by atoms with Crippen LogP contribution in [-0.2, 0) is 13.0 Å². The number of imidazole rings is 1. The number of Topliss-reactive ketones (excluding diaryl/α,β-unsaturated/α-hetero) is 1. The minimum atomic E-state index is 0.0512. The molecule has 1 aromatic heterocycles. The number of carbonyl (C=O) groups is 1. The van der Waals surface area contributed by atoms with Crippen LogP contribution in [0.4, 0.5) is 0 Å². The highest BCUT2D eigenvalue weighted by atomic mass is 16.5. The van der Waals surface area contributed by atoms with Gasteiger partial charge in [0.25, 0.3) is 0 Å². The summed E-state index contributed by atoms with van der Waals surface area (Å²) in [6.07, 6.45) is 8.12. The van der Waals surface area contributed by atoms with Crippen molar-refractivity contribution in [2.45, 2.75) is 45.8 Å². The smallest absolute Gasteiger partial charge is 0.163 e. The van der Waals surface area contributed by atoms with Crippen molar-refractivity contribution in [2.75, 3.05) is 0 Å². The van der Waals surface area contributed by atoms with E-state index in [2.05, 4.69) is 11.9 Å². The molecule has 1 aromatic carbocycles. The lowest BCUT2D eigenvalue weighted by molar-refractivity contribution is 0.0972. The largest absolute Gasteiger partial charge is 0.489 e. The molecule has 0 fully saturated rings. The highest BCUT2D eigenvalue weighted by molar-refractivity contribution is 5.99. The van der Waals surface area contributed by atoms with Crippen molar-refractivity contribution in [3.63, 3.8) is 0 Å². The molecule has 0 saturated heterocycles. The Balaban J connectivity index is 1.78. The number of aromatic nitrogens is 2. The van der Waals surface area contributed by atoms with Gasteiger partial charge in [-0.25, -0.2) is 4.98 Å². The molecule has 1 aliphatic carbocycles. The molecule has 3 rings (SSSR count). The first-order chi connectivity index (χ1) is 10.1. The number of carbonyl (C=O) groups excluding carboxylic acids is 1. The van der Waals surface area contributed by atoms with Crippen LogP contribution in [0.1, 0.15) is 41.3 Å². The van der Waals surface area contributed by atoms with Crippen LogP contribution < -0.4 is 4.74 Å². The van der Waals surface area contributed by atoms with E-state index in [-0.39, 0.29) is 11.9 Å². The van der Waals surface area contributed by atoms with E-state index in [1.807, 2.05) is 29.8 Å². The maximum atomic E-state index is 11.9. The monoisotopic (exact) mass is 284 g/mol. The first-order valence-electron chi connectivity index (χ1n) is 7.43. The molecule has 0 amide bonds. The molecule has 110 valence electrons. The van der Waals surface area contributed by atoms with Gasteiger partial charge >= 0.3 is 0 Å². The Morgan fingerprint density at radius 1 is 1.38 bits per heavy atom. The summed E-state index contributed by atoms with van der Waals surface area (Å²) < 4.78 is 8.06. The van der Waals surface area contributed by atoms with Gasteiger partial charge in [0.1, 0.15) is 11.9 Å². The zero-order valence-electron chi connectivity index (χ0n) is 12.5. The first kappa shape index (κ1) is 13.9. The molecule has 0 radical (unpaired) electrons. The van der Waals surface area contributed by atoms with Crippen LogP contribution in [0.3, 0.4) is 0 Å². The summed E-state index contributed by atoms with van der Waals surface area (Å²) in [5, 5.41) is 0. The van der Waals surface area contributed by atoms with Crippen LogP contribution in [0, 0.1) is 6.92 Å². The number of hydrogen-bond acceptors (Lipinski definition) is 3. The predicted octanol–water partition coefficient (Wildman–Crippen LogP) is 3.18. The summed E-state index contributed by atoms with van der Waals surface area (Å²) in [5.41, 5.74) is 3.16.